The van der Waals surface area contributed by atoms with Crippen molar-refractivity contribution in [3.05, 3.63) is 66.0 Å². The van der Waals surface area contributed by atoms with Crippen molar-refractivity contribution in [2.75, 3.05) is 7.05 Å². The average Bonchev–Trinajstić information content (AvgIpc) is 2.72. The fourth-order valence-electron chi connectivity index (χ4n) is 4.29. The minimum Gasteiger partial charge on any atom is -0.382 e. The van der Waals surface area contributed by atoms with Crippen molar-refractivity contribution >= 4 is 23.0 Å². The smallest absolute Gasteiger partial charge is 0.137 e. The molecule has 0 amide bonds. The maximum atomic E-state index is 13.3. The van der Waals surface area contributed by atoms with E-state index in [4.69, 9.17) is 12.2 Å². The van der Waals surface area contributed by atoms with E-state index in [2.05, 4.69) is 28.5 Å². The lowest BCUT2D eigenvalue weighted by atomic mass is 9.60. The summed E-state index contributed by atoms with van der Waals surface area (Å²) in [4.78, 5) is 18.4. The largest absolute Gasteiger partial charge is 0.382 e. The third kappa shape index (κ3) is 3.70. The molecular weight excluding hydrogens is 340 g/mol. The number of carbonyl (C=O) groups excluding carboxylic acids is 1. The number of aromatic nitrogens is 1. The van der Waals surface area contributed by atoms with Gasteiger partial charge in [-0.2, -0.15) is 0 Å². The molecule has 1 aromatic heterocycles. The molecule has 2 unspecified atom stereocenters. The second-order valence-electron chi connectivity index (χ2n) is 7.04. The predicted octanol–water partition coefficient (Wildman–Crippen LogP) is 4.26. The van der Waals surface area contributed by atoms with Gasteiger partial charge in [0.05, 0.1) is 10.4 Å². The minimum absolute atomic E-state index is 0.0795. The summed E-state index contributed by atoms with van der Waals surface area (Å²) in [7, 11) is 1.86. The predicted molar refractivity (Wildman–Crippen MR) is 109 cm³/mol. The number of likely N-dealkylation sites (N-methyl/N-ethyl adjacent to an activating group) is 1. The van der Waals surface area contributed by atoms with E-state index in [1.807, 2.05) is 37.5 Å². The molecule has 1 N–H and O–H groups in total. The summed E-state index contributed by atoms with van der Waals surface area (Å²) in [6, 6.07) is 14.2. The molecule has 136 valence electrons. The molecule has 2 atom stereocenters. The molecule has 0 saturated heterocycles. The van der Waals surface area contributed by atoms with E-state index >= 15 is 0 Å². The van der Waals surface area contributed by atoms with Gasteiger partial charge in [0.2, 0.25) is 0 Å². The number of benzene rings is 1. The first kappa shape index (κ1) is 18.7. The van der Waals surface area contributed by atoms with Crippen LogP contribution in [0.2, 0.25) is 0 Å². The highest BCUT2D eigenvalue weighted by atomic mass is 32.1. The number of rotatable bonds is 6. The zero-order chi connectivity index (χ0) is 18.4. The zero-order valence-electron chi connectivity index (χ0n) is 15.3. The Labute approximate surface area is 161 Å². The zero-order valence-corrected chi connectivity index (χ0v) is 16.1. The molecule has 3 rings (SSSR count). The van der Waals surface area contributed by atoms with Crippen molar-refractivity contribution in [1.29, 1.82) is 0 Å². The molecule has 0 spiro atoms. The van der Waals surface area contributed by atoms with Crippen LogP contribution in [-0.4, -0.2) is 22.8 Å². The number of nitrogens with zero attached hydrogens (tertiary/aromatic N) is 1. The van der Waals surface area contributed by atoms with Gasteiger partial charge in [-0.15, -0.1) is 0 Å². The van der Waals surface area contributed by atoms with Crippen LogP contribution in [-0.2, 0) is 16.6 Å². The number of aryl methyl sites for hydroxylation is 1. The van der Waals surface area contributed by atoms with Gasteiger partial charge in [0.25, 0.3) is 0 Å². The van der Waals surface area contributed by atoms with Crippen molar-refractivity contribution < 1.29 is 4.79 Å². The van der Waals surface area contributed by atoms with Crippen LogP contribution >= 0.6 is 12.2 Å². The number of Topliss-reactive ketones (excluding diaryl/α,β-unsaturated/α-hetero) is 1. The lowest BCUT2D eigenvalue weighted by Crippen LogP contribution is -2.52. The van der Waals surface area contributed by atoms with Crippen LogP contribution in [0.15, 0.2) is 54.9 Å². The van der Waals surface area contributed by atoms with Gasteiger partial charge < -0.3 is 5.32 Å². The summed E-state index contributed by atoms with van der Waals surface area (Å²) in [5.74, 6) is 0.235. The summed E-state index contributed by atoms with van der Waals surface area (Å²) in [5.41, 5.74) is 1.85. The van der Waals surface area contributed by atoms with E-state index < -0.39 is 5.41 Å². The lowest BCUT2D eigenvalue weighted by Gasteiger charge is -2.44. The summed E-state index contributed by atoms with van der Waals surface area (Å²) in [5, 5.41) is 3.18. The van der Waals surface area contributed by atoms with Gasteiger partial charge in [0, 0.05) is 31.8 Å². The van der Waals surface area contributed by atoms with Gasteiger partial charge in [0.15, 0.2) is 0 Å². The summed E-state index contributed by atoms with van der Waals surface area (Å²) < 4.78 is 0. The fourth-order valence-corrected chi connectivity index (χ4v) is 4.66. The highest BCUT2D eigenvalue weighted by Crippen LogP contribution is 2.45. The summed E-state index contributed by atoms with van der Waals surface area (Å²) in [6.45, 7) is 0. The molecule has 0 aliphatic heterocycles. The first-order valence-electron chi connectivity index (χ1n) is 9.38. The van der Waals surface area contributed by atoms with E-state index in [9.17, 15) is 4.79 Å². The minimum atomic E-state index is -0.426. The normalized spacial score (nSPS) is 22.6. The van der Waals surface area contributed by atoms with Crippen LogP contribution in [0, 0.1) is 5.92 Å². The van der Waals surface area contributed by atoms with E-state index in [1.165, 1.54) is 5.56 Å². The van der Waals surface area contributed by atoms with Gasteiger partial charge >= 0.3 is 0 Å². The van der Waals surface area contributed by atoms with Crippen molar-refractivity contribution in [3.63, 3.8) is 0 Å². The summed E-state index contributed by atoms with van der Waals surface area (Å²) >= 11 is 5.75. The second kappa shape index (κ2) is 8.54. The highest BCUT2D eigenvalue weighted by Gasteiger charge is 2.48. The monoisotopic (exact) mass is 366 g/mol. The van der Waals surface area contributed by atoms with Gasteiger partial charge in [-0.05, 0) is 36.5 Å². The van der Waals surface area contributed by atoms with Gasteiger partial charge in [0.1, 0.15) is 5.78 Å². The number of nitrogens with one attached hydrogen (secondary N) is 1. The number of thiocarbonyl (C=S) groups is 1. The quantitative estimate of drug-likeness (QED) is 0.776. The van der Waals surface area contributed by atoms with E-state index in [-0.39, 0.29) is 5.92 Å². The number of pyridine rings is 1. The SMILES string of the molecule is CNC(=S)C1(c2cccnc2)CCCCC1C(=O)CCc1ccccc1. The Balaban J connectivity index is 1.89. The molecule has 1 saturated carbocycles. The van der Waals surface area contributed by atoms with Crippen molar-refractivity contribution in [3.8, 4) is 0 Å². The Hall–Kier alpha value is -2.07. The lowest BCUT2D eigenvalue weighted by molar-refractivity contribution is -0.125. The van der Waals surface area contributed by atoms with Crippen molar-refractivity contribution in [2.24, 2.45) is 5.92 Å². The van der Waals surface area contributed by atoms with E-state index in [0.717, 1.165) is 42.7 Å². The van der Waals surface area contributed by atoms with Gasteiger partial charge in [-0.1, -0.05) is 61.5 Å². The molecule has 3 nitrogen and oxygen atoms in total. The van der Waals surface area contributed by atoms with Crippen molar-refractivity contribution in [1.82, 2.24) is 10.3 Å². The molecule has 1 fully saturated rings. The Morgan fingerprint density at radius 3 is 2.73 bits per heavy atom. The van der Waals surface area contributed by atoms with Crippen LogP contribution in [0.3, 0.4) is 0 Å². The molecule has 1 aliphatic carbocycles. The van der Waals surface area contributed by atoms with Crippen LogP contribution in [0.1, 0.15) is 43.2 Å². The molecule has 1 aliphatic rings. The second-order valence-corrected chi connectivity index (χ2v) is 7.45. The number of ketones is 1. The van der Waals surface area contributed by atoms with E-state index in [0.29, 0.717) is 12.2 Å². The van der Waals surface area contributed by atoms with Gasteiger partial charge in [-0.25, -0.2) is 0 Å². The molecule has 0 bridgehead atoms. The number of carbonyl (C=O) groups is 1. The van der Waals surface area contributed by atoms with Crippen LogP contribution in [0.4, 0.5) is 0 Å². The maximum Gasteiger partial charge on any atom is 0.137 e. The average molecular weight is 367 g/mol. The first-order chi connectivity index (χ1) is 12.7. The Morgan fingerprint density at radius 1 is 1.23 bits per heavy atom. The standard InChI is InChI=1S/C22H26N2OS/c1-23-21(26)22(18-10-7-15-24-16-18)14-6-5-11-19(22)20(25)13-12-17-8-3-2-4-9-17/h2-4,7-10,15-16,19H,5-6,11-14H2,1H3,(H,23,26). The number of hydrogen-bond donors (Lipinski definition) is 1. The molecule has 0 radical (unpaired) electrons. The van der Waals surface area contributed by atoms with Crippen LogP contribution in [0.25, 0.3) is 0 Å². The fraction of sp³-hybridized carbons (Fsp3) is 0.409. The highest BCUT2D eigenvalue weighted by molar-refractivity contribution is 7.80. The van der Waals surface area contributed by atoms with Crippen molar-refractivity contribution in [2.45, 2.75) is 43.9 Å². The first-order valence-corrected chi connectivity index (χ1v) is 9.78. The van der Waals surface area contributed by atoms with Crippen LogP contribution in [0.5, 0.6) is 0 Å². The van der Waals surface area contributed by atoms with Gasteiger partial charge in [-0.3, -0.25) is 9.78 Å². The molecular formula is C22H26N2OS. The van der Waals surface area contributed by atoms with E-state index in [1.54, 1.807) is 6.20 Å². The third-order valence-corrected chi connectivity index (χ3v) is 6.18. The molecule has 1 heterocycles. The van der Waals surface area contributed by atoms with Crippen LogP contribution < -0.4 is 5.32 Å². The Kier molecular flexibility index (Phi) is 6.15. The number of hydrogen-bond acceptors (Lipinski definition) is 3. The molecule has 26 heavy (non-hydrogen) atoms. The summed E-state index contributed by atoms with van der Waals surface area (Å²) in [6.07, 6.45) is 8.95. The Morgan fingerprint density at radius 2 is 2.04 bits per heavy atom. The molecule has 4 heteroatoms. The molecule has 2 aromatic rings. The third-order valence-electron chi connectivity index (χ3n) is 5.61. The Bertz CT molecular complexity index is 747. The topological polar surface area (TPSA) is 42.0 Å². The maximum absolute atomic E-state index is 13.3. The molecule has 1 aromatic carbocycles.